The molecule has 0 heterocycles. The molecular weight excluding hydrogens is 236 g/mol. The molecule has 0 amide bonds. The summed E-state index contributed by atoms with van der Waals surface area (Å²) in [7, 11) is 0. The number of aryl methyl sites for hydroxylation is 1. The molecule has 6 N–H and O–H groups in total. The van der Waals surface area contributed by atoms with Gasteiger partial charge in [0, 0.05) is 0 Å². The van der Waals surface area contributed by atoms with E-state index in [1.165, 1.54) is 6.07 Å². The lowest BCUT2D eigenvalue weighted by Crippen LogP contribution is -2.30. The zero-order chi connectivity index (χ0) is 13.9. The van der Waals surface area contributed by atoms with Gasteiger partial charge < -0.3 is 26.4 Å². The summed E-state index contributed by atoms with van der Waals surface area (Å²) < 4.78 is 4.64. The number of carbonyl (C=O) groups is 1. The number of carbonyl (C=O) groups excluding carboxylic acids is 1. The first-order valence-corrected chi connectivity index (χ1v) is 5.56. The first kappa shape index (κ1) is 14.3. The zero-order valence-corrected chi connectivity index (χ0v) is 10.4. The number of hydrogen-bond donors (Lipinski definition) is 4. The molecule has 0 saturated heterocycles. The number of nitrogens with two attached hydrogens (primary N) is 2. The Morgan fingerprint density at radius 1 is 1.33 bits per heavy atom. The summed E-state index contributed by atoms with van der Waals surface area (Å²) in [5, 5.41) is 19.6. The molecule has 1 aromatic carbocycles. The van der Waals surface area contributed by atoms with E-state index < -0.39 is 18.2 Å². The average Bonchev–Trinajstić information content (AvgIpc) is 2.32. The summed E-state index contributed by atoms with van der Waals surface area (Å²) in [5.41, 5.74) is 12.9. The predicted molar refractivity (Wildman–Crippen MR) is 67.6 cm³/mol. The summed E-state index contributed by atoms with van der Waals surface area (Å²) in [5.74, 6) is -0.875. The lowest BCUT2D eigenvalue weighted by molar-refractivity contribution is -0.159. The van der Waals surface area contributed by atoms with Crippen LogP contribution in [0.1, 0.15) is 24.2 Å². The zero-order valence-electron chi connectivity index (χ0n) is 10.4. The van der Waals surface area contributed by atoms with Gasteiger partial charge in [-0.05, 0) is 37.1 Å². The van der Waals surface area contributed by atoms with Gasteiger partial charge in [0.25, 0.3) is 0 Å². The molecule has 100 valence electrons. The largest absolute Gasteiger partial charge is 0.464 e. The van der Waals surface area contributed by atoms with Crippen LogP contribution in [0.25, 0.3) is 0 Å². The van der Waals surface area contributed by atoms with Gasteiger partial charge in [-0.25, -0.2) is 4.79 Å². The van der Waals surface area contributed by atoms with Gasteiger partial charge >= 0.3 is 5.97 Å². The molecule has 2 atom stereocenters. The van der Waals surface area contributed by atoms with Crippen LogP contribution in [0.3, 0.4) is 0 Å². The fourth-order valence-corrected chi connectivity index (χ4v) is 1.61. The van der Waals surface area contributed by atoms with Crippen molar-refractivity contribution in [2.75, 3.05) is 18.1 Å². The van der Waals surface area contributed by atoms with E-state index in [4.69, 9.17) is 11.5 Å². The molecule has 2 unspecified atom stereocenters. The summed E-state index contributed by atoms with van der Waals surface area (Å²) in [6, 6.07) is 3.02. The molecule has 0 aliphatic rings. The fraction of sp³-hybridized carbons (Fsp3) is 0.417. The van der Waals surface area contributed by atoms with Crippen molar-refractivity contribution in [1.82, 2.24) is 0 Å². The molecule has 6 heteroatoms. The van der Waals surface area contributed by atoms with E-state index in [1.54, 1.807) is 19.9 Å². The Morgan fingerprint density at radius 2 is 1.89 bits per heavy atom. The summed E-state index contributed by atoms with van der Waals surface area (Å²) in [6.45, 7) is 3.45. The first-order chi connectivity index (χ1) is 8.38. The van der Waals surface area contributed by atoms with Crippen LogP contribution in [0.5, 0.6) is 0 Å². The molecule has 0 spiro atoms. The molecule has 0 bridgehead atoms. The molecule has 1 aromatic rings. The van der Waals surface area contributed by atoms with Crippen molar-refractivity contribution in [2.45, 2.75) is 26.1 Å². The Labute approximate surface area is 105 Å². The quantitative estimate of drug-likeness (QED) is 0.447. The smallest absolute Gasteiger partial charge is 0.338 e. The second kappa shape index (κ2) is 5.70. The second-order valence-electron chi connectivity index (χ2n) is 3.98. The van der Waals surface area contributed by atoms with Crippen LogP contribution in [0.4, 0.5) is 11.4 Å². The van der Waals surface area contributed by atoms with Gasteiger partial charge in [0.05, 0.1) is 18.0 Å². The average molecular weight is 254 g/mol. The van der Waals surface area contributed by atoms with E-state index in [1.807, 2.05) is 0 Å². The van der Waals surface area contributed by atoms with E-state index in [2.05, 4.69) is 4.74 Å². The minimum atomic E-state index is -1.65. The number of hydrogen-bond acceptors (Lipinski definition) is 6. The minimum absolute atomic E-state index is 0.130. The third-order valence-electron chi connectivity index (χ3n) is 2.62. The highest BCUT2D eigenvalue weighted by atomic mass is 16.5. The molecule has 0 aromatic heterocycles. The van der Waals surface area contributed by atoms with Crippen molar-refractivity contribution in [3.05, 3.63) is 23.3 Å². The lowest BCUT2D eigenvalue weighted by Gasteiger charge is -2.19. The molecule has 0 fully saturated rings. The van der Waals surface area contributed by atoms with Crippen molar-refractivity contribution in [3.63, 3.8) is 0 Å². The Morgan fingerprint density at radius 3 is 2.44 bits per heavy atom. The predicted octanol–water partition coefficient (Wildman–Crippen LogP) is 0.117. The number of aliphatic hydroxyl groups is 2. The van der Waals surface area contributed by atoms with Gasteiger partial charge in [-0.2, -0.15) is 0 Å². The first-order valence-electron chi connectivity index (χ1n) is 5.56. The number of benzene rings is 1. The number of rotatable bonds is 4. The Kier molecular flexibility index (Phi) is 4.52. The van der Waals surface area contributed by atoms with Gasteiger partial charge in [-0.1, -0.05) is 0 Å². The molecular formula is C12H18N2O4. The van der Waals surface area contributed by atoms with E-state index >= 15 is 0 Å². The summed E-state index contributed by atoms with van der Waals surface area (Å²) in [4.78, 5) is 11.3. The van der Waals surface area contributed by atoms with Crippen molar-refractivity contribution in [2.24, 2.45) is 0 Å². The van der Waals surface area contributed by atoms with Crippen LogP contribution >= 0.6 is 0 Å². The molecule has 1 rings (SSSR count). The molecule has 0 aliphatic heterocycles. The van der Waals surface area contributed by atoms with Crippen LogP contribution in [-0.4, -0.2) is 28.9 Å². The number of nitrogen functional groups attached to an aromatic ring is 2. The van der Waals surface area contributed by atoms with Crippen molar-refractivity contribution in [3.8, 4) is 0 Å². The molecule has 6 nitrogen and oxygen atoms in total. The van der Waals surface area contributed by atoms with Gasteiger partial charge in [0.2, 0.25) is 0 Å². The number of esters is 1. The number of aliphatic hydroxyl groups excluding tert-OH is 2. The van der Waals surface area contributed by atoms with Crippen LogP contribution < -0.4 is 11.5 Å². The van der Waals surface area contributed by atoms with Crippen LogP contribution in [0, 0.1) is 6.92 Å². The summed E-state index contributed by atoms with van der Waals surface area (Å²) >= 11 is 0. The van der Waals surface area contributed by atoms with Crippen LogP contribution in [-0.2, 0) is 9.53 Å². The maximum Gasteiger partial charge on any atom is 0.338 e. The van der Waals surface area contributed by atoms with Gasteiger partial charge in [0.1, 0.15) is 6.10 Å². The van der Waals surface area contributed by atoms with Gasteiger partial charge in [0.15, 0.2) is 6.10 Å². The lowest BCUT2D eigenvalue weighted by atomic mass is 9.98. The van der Waals surface area contributed by atoms with E-state index in [9.17, 15) is 15.0 Å². The Hall–Kier alpha value is -1.79. The minimum Gasteiger partial charge on any atom is -0.464 e. The van der Waals surface area contributed by atoms with Crippen molar-refractivity contribution < 1.29 is 19.7 Å². The molecule has 0 saturated carbocycles. The third-order valence-corrected chi connectivity index (χ3v) is 2.62. The van der Waals surface area contributed by atoms with E-state index in [-0.39, 0.29) is 12.3 Å². The highest BCUT2D eigenvalue weighted by Crippen LogP contribution is 2.27. The molecule has 0 radical (unpaired) electrons. The Balaban J connectivity index is 3.00. The van der Waals surface area contributed by atoms with Crippen LogP contribution in [0.15, 0.2) is 12.1 Å². The number of anilines is 2. The topological polar surface area (TPSA) is 119 Å². The van der Waals surface area contributed by atoms with E-state index in [0.29, 0.717) is 16.8 Å². The molecule has 0 aliphatic carbocycles. The maximum atomic E-state index is 11.3. The van der Waals surface area contributed by atoms with Crippen molar-refractivity contribution in [1.29, 1.82) is 0 Å². The van der Waals surface area contributed by atoms with Gasteiger partial charge in [-0.3, -0.25) is 0 Å². The molecule has 18 heavy (non-hydrogen) atoms. The maximum absolute atomic E-state index is 11.3. The van der Waals surface area contributed by atoms with E-state index in [0.717, 1.165) is 0 Å². The third kappa shape index (κ3) is 2.91. The van der Waals surface area contributed by atoms with Crippen molar-refractivity contribution >= 4 is 17.3 Å². The standard InChI is InChI=1S/C12H18N2O4/c1-3-18-12(17)11(16)10(15)7-5-9(14)8(13)4-6(7)2/h4-5,10-11,15-16H,3,13-14H2,1-2H3. The SMILES string of the molecule is CCOC(=O)C(O)C(O)c1cc(N)c(N)cc1C. The fourth-order valence-electron chi connectivity index (χ4n) is 1.61. The monoisotopic (exact) mass is 254 g/mol. The number of ether oxygens (including phenoxy) is 1. The summed E-state index contributed by atoms with van der Waals surface area (Å²) in [6.07, 6.45) is -3.04. The second-order valence-corrected chi connectivity index (χ2v) is 3.98. The van der Waals surface area contributed by atoms with Crippen LogP contribution in [0.2, 0.25) is 0 Å². The Bertz CT molecular complexity index is 448. The van der Waals surface area contributed by atoms with Gasteiger partial charge in [-0.15, -0.1) is 0 Å². The highest BCUT2D eigenvalue weighted by molar-refractivity contribution is 5.76. The normalized spacial score (nSPS) is 14.0. The highest BCUT2D eigenvalue weighted by Gasteiger charge is 2.28.